The number of hydrogen-bond donors (Lipinski definition) is 2. The number of rotatable bonds is 0. The van der Waals surface area contributed by atoms with Crippen LogP contribution < -0.4 is 10.6 Å². The van der Waals surface area contributed by atoms with Gasteiger partial charge in [-0.3, -0.25) is 0 Å². The van der Waals surface area contributed by atoms with E-state index in [-0.39, 0.29) is 0 Å². The molecule has 2 rings (SSSR count). The Morgan fingerprint density at radius 1 is 1.30 bits per heavy atom. The first-order chi connectivity index (χ1) is 4.97. The SMILES string of the molecule is C1=CC2=C(C1)NCN2.CC. The van der Waals surface area contributed by atoms with Gasteiger partial charge in [0.25, 0.3) is 0 Å². The van der Waals surface area contributed by atoms with E-state index in [1.807, 2.05) is 13.8 Å². The summed E-state index contributed by atoms with van der Waals surface area (Å²) in [7, 11) is 0. The van der Waals surface area contributed by atoms with Gasteiger partial charge in [-0.1, -0.05) is 19.9 Å². The van der Waals surface area contributed by atoms with E-state index in [1.54, 1.807) is 0 Å². The van der Waals surface area contributed by atoms with E-state index in [0.717, 1.165) is 13.1 Å². The predicted octanol–water partition coefficient (Wildman–Crippen LogP) is 1.33. The lowest BCUT2D eigenvalue weighted by Crippen LogP contribution is -2.15. The van der Waals surface area contributed by atoms with Crippen molar-refractivity contribution >= 4 is 0 Å². The van der Waals surface area contributed by atoms with Gasteiger partial charge in [0.05, 0.1) is 12.4 Å². The van der Waals surface area contributed by atoms with Gasteiger partial charge in [0.2, 0.25) is 0 Å². The lowest BCUT2D eigenvalue weighted by Gasteiger charge is -1.93. The number of allylic oxidation sites excluding steroid dienone is 2. The van der Waals surface area contributed by atoms with Gasteiger partial charge >= 0.3 is 0 Å². The molecule has 2 aliphatic rings. The van der Waals surface area contributed by atoms with Gasteiger partial charge in [0.15, 0.2) is 0 Å². The molecule has 0 fully saturated rings. The molecule has 1 aliphatic carbocycles. The van der Waals surface area contributed by atoms with Crippen LogP contribution in [-0.4, -0.2) is 6.67 Å². The molecule has 2 nitrogen and oxygen atoms in total. The highest BCUT2D eigenvalue weighted by atomic mass is 15.1. The molecule has 0 saturated heterocycles. The Morgan fingerprint density at radius 3 is 2.80 bits per heavy atom. The van der Waals surface area contributed by atoms with E-state index in [1.165, 1.54) is 11.4 Å². The molecule has 0 bridgehead atoms. The summed E-state index contributed by atoms with van der Waals surface area (Å²) < 4.78 is 0. The van der Waals surface area contributed by atoms with Crippen molar-refractivity contribution in [3.05, 3.63) is 23.5 Å². The first-order valence-electron chi connectivity index (χ1n) is 3.84. The van der Waals surface area contributed by atoms with Gasteiger partial charge < -0.3 is 10.6 Å². The Kier molecular flexibility index (Phi) is 2.37. The van der Waals surface area contributed by atoms with Crippen molar-refractivity contribution in [1.29, 1.82) is 0 Å². The molecule has 56 valence electrons. The van der Waals surface area contributed by atoms with Crippen molar-refractivity contribution in [3.63, 3.8) is 0 Å². The highest BCUT2D eigenvalue weighted by molar-refractivity contribution is 5.33. The fraction of sp³-hybridized carbons (Fsp3) is 0.500. The molecule has 1 heterocycles. The molecule has 10 heavy (non-hydrogen) atoms. The van der Waals surface area contributed by atoms with Gasteiger partial charge in [-0.2, -0.15) is 0 Å². The van der Waals surface area contributed by atoms with E-state index >= 15 is 0 Å². The second-order valence-corrected chi connectivity index (χ2v) is 2.03. The molecule has 0 aromatic rings. The van der Waals surface area contributed by atoms with Crippen molar-refractivity contribution < 1.29 is 0 Å². The second-order valence-electron chi connectivity index (χ2n) is 2.03. The van der Waals surface area contributed by atoms with Crippen LogP contribution >= 0.6 is 0 Å². The van der Waals surface area contributed by atoms with E-state index in [4.69, 9.17) is 0 Å². The third-order valence-corrected chi connectivity index (χ3v) is 1.51. The predicted molar refractivity (Wildman–Crippen MR) is 43.3 cm³/mol. The Morgan fingerprint density at radius 2 is 2.10 bits per heavy atom. The zero-order valence-corrected chi connectivity index (χ0v) is 6.57. The zero-order valence-electron chi connectivity index (χ0n) is 6.57. The zero-order chi connectivity index (χ0) is 7.40. The number of hydrogen-bond acceptors (Lipinski definition) is 2. The van der Waals surface area contributed by atoms with Gasteiger partial charge in [-0.05, 0) is 6.08 Å². The fourth-order valence-electron chi connectivity index (χ4n) is 1.08. The van der Waals surface area contributed by atoms with E-state index in [9.17, 15) is 0 Å². The number of nitrogens with one attached hydrogen (secondary N) is 2. The van der Waals surface area contributed by atoms with E-state index in [0.29, 0.717) is 0 Å². The molecule has 0 aromatic carbocycles. The van der Waals surface area contributed by atoms with E-state index in [2.05, 4.69) is 22.8 Å². The molecule has 0 radical (unpaired) electrons. The van der Waals surface area contributed by atoms with Crippen LogP contribution in [-0.2, 0) is 0 Å². The summed E-state index contributed by atoms with van der Waals surface area (Å²) in [6, 6.07) is 0. The highest BCUT2D eigenvalue weighted by Gasteiger charge is 2.12. The maximum Gasteiger partial charge on any atom is 0.0848 e. The summed E-state index contributed by atoms with van der Waals surface area (Å²) in [5.74, 6) is 0. The van der Waals surface area contributed by atoms with Crippen LogP contribution in [0.15, 0.2) is 23.5 Å². The van der Waals surface area contributed by atoms with Crippen molar-refractivity contribution in [2.75, 3.05) is 6.67 Å². The molecular weight excluding hydrogens is 124 g/mol. The summed E-state index contributed by atoms with van der Waals surface area (Å²) in [6.07, 6.45) is 5.36. The lowest BCUT2D eigenvalue weighted by molar-refractivity contribution is 0.790. The van der Waals surface area contributed by atoms with Crippen LogP contribution in [0.1, 0.15) is 20.3 Å². The Balaban J connectivity index is 0.000000231. The maximum absolute atomic E-state index is 3.22. The maximum atomic E-state index is 3.22. The summed E-state index contributed by atoms with van der Waals surface area (Å²) in [4.78, 5) is 0. The standard InChI is InChI=1S/C6H8N2.C2H6/c1-2-5-6(3-1)8-4-7-5;1-2/h1-2,7-8H,3-4H2;1-2H3. The first-order valence-corrected chi connectivity index (χ1v) is 3.84. The van der Waals surface area contributed by atoms with Crippen molar-refractivity contribution in [3.8, 4) is 0 Å². The van der Waals surface area contributed by atoms with Gasteiger partial charge in [0, 0.05) is 12.1 Å². The highest BCUT2D eigenvalue weighted by Crippen LogP contribution is 2.16. The van der Waals surface area contributed by atoms with Crippen molar-refractivity contribution in [2.45, 2.75) is 20.3 Å². The molecule has 2 N–H and O–H groups in total. The quantitative estimate of drug-likeness (QED) is 0.527. The Bertz CT molecular complexity index is 168. The average Bonchev–Trinajstić information content (AvgIpc) is 2.49. The van der Waals surface area contributed by atoms with E-state index < -0.39 is 0 Å². The molecule has 0 atom stereocenters. The van der Waals surface area contributed by atoms with Crippen LogP contribution in [0.2, 0.25) is 0 Å². The molecule has 0 aromatic heterocycles. The lowest BCUT2D eigenvalue weighted by atomic mass is 10.4. The second kappa shape index (κ2) is 3.30. The van der Waals surface area contributed by atoms with Crippen LogP contribution in [0, 0.1) is 0 Å². The molecule has 1 aliphatic heterocycles. The van der Waals surface area contributed by atoms with Crippen LogP contribution in [0.4, 0.5) is 0 Å². The van der Waals surface area contributed by atoms with Gasteiger partial charge in [-0.25, -0.2) is 0 Å². The first kappa shape index (κ1) is 7.19. The monoisotopic (exact) mass is 138 g/mol. The van der Waals surface area contributed by atoms with Crippen molar-refractivity contribution in [2.24, 2.45) is 0 Å². The Labute approximate surface area is 62.0 Å². The summed E-state index contributed by atoms with van der Waals surface area (Å²) in [5.41, 5.74) is 2.63. The van der Waals surface area contributed by atoms with Gasteiger partial charge in [-0.15, -0.1) is 0 Å². The summed E-state index contributed by atoms with van der Waals surface area (Å²) in [5, 5.41) is 6.42. The molecular formula is C8H14N2. The average molecular weight is 138 g/mol. The van der Waals surface area contributed by atoms with Crippen molar-refractivity contribution in [1.82, 2.24) is 10.6 Å². The summed E-state index contributed by atoms with van der Waals surface area (Å²) in [6.45, 7) is 4.91. The topological polar surface area (TPSA) is 24.1 Å². The Hall–Kier alpha value is -0.920. The van der Waals surface area contributed by atoms with Crippen LogP contribution in [0.25, 0.3) is 0 Å². The fourth-order valence-corrected chi connectivity index (χ4v) is 1.08. The third kappa shape index (κ3) is 1.15. The van der Waals surface area contributed by atoms with Gasteiger partial charge in [0.1, 0.15) is 0 Å². The smallest absolute Gasteiger partial charge is 0.0848 e. The minimum atomic E-state index is 0.912. The van der Waals surface area contributed by atoms with Crippen LogP contribution in [0.3, 0.4) is 0 Å². The molecule has 0 unspecified atom stereocenters. The third-order valence-electron chi connectivity index (χ3n) is 1.51. The molecule has 0 amide bonds. The minimum absolute atomic E-state index is 0.912. The molecule has 0 saturated carbocycles. The largest absolute Gasteiger partial charge is 0.369 e. The molecule has 0 spiro atoms. The summed E-state index contributed by atoms with van der Waals surface area (Å²) >= 11 is 0. The molecule has 2 heteroatoms. The minimum Gasteiger partial charge on any atom is -0.369 e. The normalized spacial score (nSPS) is 19.0. The van der Waals surface area contributed by atoms with Crippen LogP contribution in [0.5, 0.6) is 0 Å².